The molecule has 0 atom stereocenters. The Morgan fingerprint density at radius 1 is 1.33 bits per heavy atom. The van der Waals surface area contributed by atoms with E-state index in [0.717, 1.165) is 45.5 Å². The number of aryl methyl sites for hydroxylation is 2. The molecule has 2 aromatic rings. The average Bonchev–Trinajstić information content (AvgIpc) is 2.88. The second-order valence-electron chi connectivity index (χ2n) is 5.25. The van der Waals surface area contributed by atoms with Gasteiger partial charge in [-0.05, 0) is 39.0 Å². The van der Waals surface area contributed by atoms with Crippen LogP contribution in [0.3, 0.4) is 0 Å². The Kier molecular flexibility index (Phi) is 7.05. The Bertz CT molecular complexity index is 715. The van der Waals surface area contributed by atoms with Gasteiger partial charge in [0.25, 0.3) is 0 Å². The van der Waals surface area contributed by atoms with Gasteiger partial charge in [0.2, 0.25) is 0 Å². The quantitative estimate of drug-likeness (QED) is 0.561. The fourth-order valence-electron chi connectivity index (χ4n) is 2.28. The summed E-state index contributed by atoms with van der Waals surface area (Å²) in [6.45, 7) is 8.19. The van der Waals surface area contributed by atoms with Crippen LogP contribution in [0.4, 0.5) is 0 Å². The van der Waals surface area contributed by atoms with Crippen molar-refractivity contribution in [3.8, 4) is 5.75 Å². The van der Waals surface area contributed by atoms with Crippen molar-refractivity contribution in [2.45, 2.75) is 33.9 Å². The van der Waals surface area contributed by atoms with Crippen LogP contribution in [-0.4, -0.2) is 24.6 Å². The minimum absolute atomic E-state index is 0.540. The van der Waals surface area contributed by atoms with Gasteiger partial charge in [0.05, 0.1) is 30.9 Å². The molecule has 0 aliphatic rings. The average molecular weight is 411 g/mol. The molecular formula is C17H23BrN4OS. The lowest BCUT2D eigenvalue weighted by atomic mass is 10.2. The number of nitrogens with zero attached hydrogens (tertiary/aromatic N) is 2. The van der Waals surface area contributed by atoms with Gasteiger partial charge in [0.1, 0.15) is 5.75 Å². The van der Waals surface area contributed by atoms with Crippen molar-refractivity contribution in [2.24, 2.45) is 4.99 Å². The van der Waals surface area contributed by atoms with Crippen molar-refractivity contribution < 1.29 is 4.74 Å². The van der Waals surface area contributed by atoms with Crippen molar-refractivity contribution in [1.29, 1.82) is 0 Å². The van der Waals surface area contributed by atoms with Crippen LogP contribution in [0.25, 0.3) is 0 Å². The van der Waals surface area contributed by atoms with Crippen LogP contribution in [0.1, 0.15) is 28.1 Å². The summed E-state index contributed by atoms with van der Waals surface area (Å²) in [6.07, 6.45) is 0. The summed E-state index contributed by atoms with van der Waals surface area (Å²) in [7, 11) is 1.68. The fourth-order valence-corrected chi connectivity index (χ4v) is 3.56. The molecule has 0 radical (unpaired) electrons. The number of benzene rings is 1. The molecule has 5 nitrogen and oxygen atoms in total. The SMILES string of the molecule is CCNC(=NCc1cc(Br)ccc1OC)NCc1sc(C)nc1C. The maximum Gasteiger partial charge on any atom is 0.191 e. The number of hydrogen-bond acceptors (Lipinski definition) is 4. The number of hydrogen-bond donors (Lipinski definition) is 2. The van der Waals surface area contributed by atoms with E-state index >= 15 is 0 Å². The third-order valence-electron chi connectivity index (χ3n) is 3.41. The molecule has 1 aromatic carbocycles. The number of nitrogens with one attached hydrogen (secondary N) is 2. The van der Waals surface area contributed by atoms with Crippen molar-refractivity contribution >= 4 is 33.2 Å². The smallest absolute Gasteiger partial charge is 0.191 e. The lowest BCUT2D eigenvalue weighted by Gasteiger charge is -2.12. The molecule has 1 aromatic heterocycles. The summed E-state index contributed by atoms with van der Waals surface area (Å²) >= 11 is 5.21. The summed E-state index contributed by atoms with van der Waals surface area (Å²) in [5, 5.41) is 7.73. The third-order valence-corrected chi connectivity index (χ3v) is 4.98. The van der Waals surface area contributed by atoms with E-state index in [1.54, 1.807) is 18.4 Å². The van der Waals surface area contributed by atoms with E-state index in [0.29, 0.717) is 6.54 Å². The molecule has 1 heterocycles. The Balaban J connectivity index is 2.08. The molecule has 0 aliphatic carbocycles. The lowest BCUT2D eigenvalue weighted by molar-refractivity contribution is 0.409. The summed E-state index contributed by atoms with van der Waals surface area (Å²) in [4.78, 5) is 10.4. The number of thiazole rings is 1. The van der Waals surface area contributed by atoms with Gasteiger partial charge in [-0.2, -0.15) is 0 Å². The van der Waals surface area contributed by atoms with Crippen LogP contribution >= 0.6 is 27.3 Å². The van der Waals surface area contributed by atoms with Gasteiger partial charge in [-0.15, -0.1) is 11.3 Å². The second kappa shape index (κ2) is 9.03. The zero-order chi connectivity index (χ0) is 17.5. The molecule has 0 aliphatic heterocycles. The first-order chi connectivity index (χ1) is 11.5. The minimum atomic E-state index is 0.540. The summed E-state index contributed by atoms with van der Waals surface area (Å²) in [6, 6.07) is 5.94. The first-order valence-electron chi connectivity index (χ1n) is 7.81. The van der Waals surface area contributed by atoms with E-state index < -0.39 is 0 Å². The fraction of sp³-hybridized carbons (Fsp3) is 0.412. The molecule has 0 saturated carbocycles. The second-order valence-corrected chi connectivity index (χ2v) is 7.45. The minimum Gasteiger partial charge on any atom is -0.496 e. The highest BCUT2D eigenvalue weighted by atomic mass is 79.9. The van der Waals surface area contributed by atoms with Crippen LogP contribution in [0, 0.1) is 13.8 Å². The maximum atomic E-state index is 5.40. The molecule has 7 heteroatoms. The molecule has 0 amide bonds. The van der Waals surface area contributed by atoms with E-state index in [1.165, 1.54) is 4.88 Å². The van der Waals surface area contributed by atoms with E-state index in [-0.39, 0.29) is 0 Å². The Morgan fingerprint density at radius 3 is 2.75 bits per heavy atom. The summed E-state index contributed by atoms with van der Waals surface area (Å²) < 4.78 is 6.42. The number of aliphatic imine (C=N–C) groups is 1. The van der Waals surface area contributed by atoms with E-state index in [9.17, 15) is 0 Å². The number of methoxy groups -OCH3 is 1. The molecule has 130 valence electrons. The first-order valence-corrected chi connectivity index (χ1v) is 9.42. The highest BCUT2D eigenvalue weighted by Crippen LogP contribution is 2.23. The zero-order valence-electron chi connectivity index (χ0n) is 14.4. The van der Waals surface area contributed by atoms with Gasteiger partial charge in [-0.3, -0.25) is 0 Å². The molecule has 0 unspecified atom stereocenters. The van der Waals surface area contributed by atoms with E-state index in [1.807, 2.05) is 32.0 Å². The monoisotopic (exact) mass is 410 g/mol. The highest BCUT2D eigenvalue weighted by Gasteiger charge is 2.07. The van der Waals surface area contributed by atoms with Gasteiger partial charge in [0, 0.05) is 21.5 Å². The summed E-state index contributed by atoms with van der Waals surface area (Å²) in [5.74, 6) is 1.62. The van der Waals surface area contributed by atoms with Crippen LogP contribution in [-0.2, 0) is 13.1 Å². The largest absolute Gasteiger partial charge is 0.496 e. The number of rotatable bonds is 6. The van der Waals surface area contributed by atoms with Gasteiger partial charge >= 0.3 is 0 Å². The van der Waals surface area contributed by atoms with Crippen molar-refractivity contribution in [1.82, 2.24) is 15.6 Å². The lowest BCUT2D eigenvalue weighted by Crippen LogP contribution is -2.36. The van der Waals surface area contributed by atoms with Gasteiger partial charge in [0.15, 0.2) is 5.96 Å². The molecular weight excluding hydrogens is 388 g/mol. The first kappa shape index (κ1) is 18.7. The van der Waals surface area contributed by atoms with Crippen molar-refractivity contribution in [3.05, 3.63) is 43.8 Å². The van der Waals surface area contributed by atoms with Gasteiger partial charge < -0.3 is 15.4 Å². The van der Waals surface area contributed by atoms with Crippen LogP contribution < -0.4 is 15.4 Å². The van der Waals surface area contributed by atoms with Gasteiger partial charge in [-0.25, -0.2) is 9.98 Å². The maximum absolute atomic E-state index is 5.40. The van der Waals surface area contributed by atoms with Crippen LogP contribution in [0.2, 0.25) is 0 Å². The van der Waals surface area contributed by atoms with E-state index in [4.69, 9.17) is 4.74 Å². The number of ether oxygens (including phenoxy) is 1. The highest BCUT2D eigenvalue weighted by molar-refractivity contribution is 9.10. The zero-order valence-corrected chi connectivity index (χ0v) is 16.8. The molecule has 2 N–H and O–H groups in total. The molecule has 24 heavy (non-hydrogen) atoms. The molecule has 0 fully saturated rings. The summed E-state index contributed by atoms with van der Waals surface area (Å²) in [5.41, 5.74) is 2.11. The van der Waals surface area contributed by atoms with Crippen LogP contribution in [0.15, 0.2) is 27.7 Å². The number of aromatic nitrogens is 1. The predicted octanol–water partition coefficient (Wildman–Crippen LogP) is 3.79. The van der Waals surface area contributed by atoms with Crippen molar-refractivity contribution in [3.63, 3.8) is 0 Å². The normalized spacial score (nSPS) is 11.5. The van der Waals surface area contributed by atoms with E-state index in [2.05, 4.69) is 43.5 Å². The molecule has 2 rings (SSSR count). The molecule has 0 spiro atoms. The topological polar surface area (TPSA) is 58.5 Å². The number of guanidine groups is 1. The predicted molar refractivity (Wildman–Crippen MR) is 104 cm³/mol. The Labute approximate surface area is 155 Å². The number of halogens is 1. The Hall–Kier alpha value is -1.60. The Morgan fingerprint density at radius 2 is 2.12 bits per heavy atom. The van der Waals surface area contributed by atoms with Crippen LogP contribution in [0.5, 0.6) is 5.75 Å². The third kappa shape index (κ3) is 5.21. The standard InChI is InChI=1S/C17H23BrN4OS/c1-5-19-17(21-10-16-11(2)22-12(3)24-16)20-9-13-8-14(18)6-7-15(13)23-4/h6-8H,5,9-10H2,1-4H3,(H2,19,20,21). The van der Waals surface area contributed by atoms with Gasteiger partial charge in [-0.1, -0.05) is 15.9 Å². The van der Waals surface area contributed by atoms with Crippen molar-refractivity contribution in [2.75, 3.05) is 13.7 Å². The molecule has 0 bridgehead atoms. The molecule has 0 saturated heterocycles.